The quantitative estimate of drug-likeness (QED) is 0.580. The molecule has 148 valence electrons. The fourth-order valence-electron chi connectivity index (χ4n) is 4.57. The number of benzene rings is 1. The van der Waals surface area contributed by atoms with Crippen LogP contribution < -0.4 is 15.0 Å². The Bertz CT molecular complexity index is 971. The lowest BCUT2D eigenvalue weighted by molar-refractivity contribution is -0.385. The molecule has 2 aliphatic heterocycles. The van der Waals surface area contributed by atoms with E-state index >= 15 is 0 Å². The molecule has 0 amide bonds. The average molecular weight is 385 g/mol. The van der Waals surface area contributed by atoms with Gasteiger partial charge in [-0.05, 0) is 24.5 Å². The van der Waals surface area contributed by atoms with Crippen LogP contribution in [0.25, 0.3) is 0 Å². The van der Waals surface area contributed by atoms with E-state index in [1.165, 1.54) is 20.3 Å². The summed E-state index contributed by atoms with van der Waals surface area (Å²) in [5.41, 5.74) is 1.75. The van der Waals surface area contributed by atoms with Crippen molar-refractivity contribution in [2.75, 3.05) is 27.3 Å². The molecule has 28 heavy (non-hydrogen) atoms. The van der Waals surface area contributed by atoms with Crippen LogP contribution >= 0.6 is 0 Å². The second-order valence-corrected chi connectivity index (χ2v) is 7.49. The van der Waals surface area contributed by atoms with Crippen LogP contribution in [0.2, 0.25) is 0 Å². The first-order valence-electron chi connectivity index (χ1n) is 9.31. The van der Waals surface area contributed by atoms with Gasteiger partial charge in [0, 0.05) is 49.4 Å². The van der Waals surface area contributed by atoms with Gasteiger partial charge in [-0.2, -0.15) is 0 Å². The summed E-state index contributed by atoms with van der Waals surface area (Å²) in [6.45, 7) is 2.74. The summed E-state index contributed by atoms with van der Waals surface area (Å²) in [5, 5.41) is 11.6. The third-order valence-corrected chi connectivity index (χ3v) is 5.73. The molecule has 0 spiro atoms. The van der Waals surface area contributed by atoms with E-state index in [0.29, 0.717) is 36.1 Å². The van der Waals surface area contributed by atoms with Crippen LogP contribution in [-0.4, -0.2) is 41.7 Å². The molecule has 2 aliphatic rings. The molecule has 1 fully saturated rings. The number of piperidine rings is 1. The number of hydrogen-bond donors (Lipinski definition) is 0. The maximum Gasteiger partial charge on any atom is 0.277 e. The zero-order chi connectivity index (χ0) is 19.8. The molecule has 1 aromatic heterocycles. The highest BCUT2D eigenvalue weighted by atomic mass is 16.6. The van der Waals surface area contributed by atoms with E-state index in [9.17, 15) is 14.9 Å². The lowest BCUT2D eigenvalue weighted by Gasteiger charge is -2.42. The number of fused-ring (bicyclic) bond motifs is 4. The van der Waals surface area contributed by atoms with Crippen LogP contribution in [0.5, 0.6) is 11.5 Å². The molecular formula is C20H23N3O5. The number of aromatic nitrogens is 1. The summed E-state index contributed by atoms with van der Waals surface area (Å²) in [6, 6.07) is 8.56. The van der Waals surface area contributed by atoms with Crippen LogP contribution in [0.3, 0.4) is 0 Å². The highest BCUT2D eigenvalue weighted by Crippen LogP contribution is 2.38. The Labute approximate surface area is 162 Å². The predicted octanol–water partition coefficient (Wildman–Crippen LogP) is 2.39. The van der Waals surface area contributed by atoms with Crippen LogP contribution in [0.15, 0.2) is 35.1 Å². The maximum absolute atomic E-state index is 12.2. The number of hydrogen-bond acceptors (Lipinski definition) is 6. The van der Waals surface area contributed by atoms with Crippen molar-refractivity contribution in [1.82, 2.24) is 9.47 Å². The second-order valence-electron chi connectivity index (χ2n) is 7.49. The van der Waals surface area contributed by atoms with Gasteiger partial charge in [-0.25, -0.2) is 0 Å². The molecule has 4 rings (SSSR count). The van der Waals surface area contributed by atoms with Gasteiger partial charge in [0.25, 0.3) is 11.2 Å². The minimum absolute atomic E-state index is 0.0324. The number of ether oxygens (including phenoxy) is 2. The zero-order valence-corrected chi connectivity index (χ0v) is 16.0. The van der Waals surface area contributed by atoms with Gasteiger partial charge in [-0.15, -0.1) is 0 Å². The summed E-state index contributed by atoms with van der Waals surface area (Å²) in [4.78, 5) is 25.6. The number of rotatable bonds is 5. The number of methoxy groups -OCH3 is 2. The van der Waals surface area contributed by atoms with E-state index < -0.39 is 0 Å². The average Bonchev–Trinajstić information content (AvgIpc) is 2.68. The van der Waals surface area contributed by atoms with E-state index in [1.807, 2.05) is 16.7 Å². The second kappa shape index (κ2) is 7.27. The number of nitrogens with zero attached hydrogens (tertiary/aromatic N) is 3. The van der Waals surface area contributed by atoms with Gasteiger partial charge in [0.05, 0.1) is 25.2 Å². The van der Waals surface area contributed by atoms with Gasteiger partial charge in [0.2, 0.25) is 0 Å². The predicted molar refractivity (Wildman–Crippen MR) is 103 cm³/mol. The molecule has 0 unspecified atom stereocenters. The lowest BCUT2D eigenvalue weighted by atomic mass is 9.83. The third-order valence-electron chi connectivity index (χ3n) is 5.73. The van der Waals surface area contributed by atoms with Crippen molar-refractivity contribution in [1.29, 1.82) is 0 Å². The third kappa shape index (κ3) is 3.24. The first-order valence-corrected chi connectivity index (χ1v) is 9.31. The molecular weight excluding hydrogens is 362 g/mol. The molecule has 8 nitrogen and oxygen atoms in total. The monoisotopic (exact) mass is 385 g/mol. The first kappa shape index (κ1) is 18.5. The standard InChI is InChI=1S/C20H23N3O5/c1-27-18-7-15(17(23(25)26)8-19(18)28-2)12-21-9-13-6-14(11-21)16-4-3-5-20(24)22(16)10-13/h3-5,7-8,13-14H,6,9-12H2,1-2H3/t13-,14-/m1/s1. The smallest absolute Gasteiger partial charge is 0.277 e. The van der Waals surface area contributed by atoms with E-state index in [1.54, 1.807) is 12.1 Å². The molecule has 8 heteroatoms. The van der Waals surface area contributed by atoms with Crippen molar-refractivity contribution in [3.05, 3.63) is 62.1 Å². The van der Waals surface area contributed by atoms with Crippen LogP contribution in [0, 0.1) is 16.0 Å². The van der Waals surface area contributed by atoms with Gasteiger partial charge < -0.3 is 14.0 Å². The van der Waals surface area contributed by atoms with Crippen molar-refractivity contribution < 1.29 is 14.4 Å². The Morgan fingerprint density at radius 3 is 2.61 bits per heavy atom. The lowest BCUT2D eigenvalue weighted by Crippen LogP contribution is -2.46. The number of nitro groups is 1. The Kier molecular flexibility index (Phi) is 4.80. The Morgan fingerprint density at radius 1 is 1.14 bits per heavy atom. The molecule has 2 aromatic rings. The summed E-state index contributed by atoms with van der Waals surface area (Å²) < 4.78 is 12.4. The molecule has 0 radical (unpaired) electrons. The van der Waals surface area contributed by atoms with Crippen molar-refractivity contribution in [2.45, 2.75) is 25.4 Å². The van der Waals surface area contributed by atoms with E-state index in [-0.39, 0.29) is 22.1 Å². The van der Waals surface area contributed by atoms with Crippen LogP contribution in [0.1, 0.15) is 23.6 Å². The van der Waals surface area contributed by atoms with Gasteiger partial charge in [-0.1, -0.05) is 6.07 Å². The summed E-state index contributed by atoms with van der Waals surface area (Å²) in [5.74, 6) is 1.46. The molecule has 0 aliphatic carbocycles. The van der Waals surface area contributed by atoms with Gasteiger partial charge >= 0.3 is 0 Å². The van der Waals surface area contributed by atoms with Gasteiger partial charge in [0.1, 0.15) is 0 Å². The Morgan fingerprint density at radius 2 is 1.89 bits per heavy atom. The SMILES string of the molecule is COc1cc(CN2C[C@H]3C[C@H](C2)c2cccc(=O)n2C3)c([N+](=O)[O-])cc1OC. The van der Waals surface area contributed by atoms with Crippen LogP contribution in [0.4, 0.5) is 5.69 Å². The molecule has 1 saturated heterocycles. The fraction of sp³-hybridized carbons (Fsp3) is 0.450. The Hall–Kier alpha value is -2.87. The minimum Gasteiger partial charge on any atom is -0.493 e. The number of likely N-dealkylation sites (tertiary alicyclic amines) is 1. The van der Waals surface area contributed by atoms with Crippen LogP contribution in [-0.2, 0) is 13.1 Å². The van der Waals surface area contributed by atoms with E-state index in [4.69, 9.17) is 9.47 Å². The highest BCUT2D eigenvalue weighted by Gasteiger charge is 2.35. The number of nitro benzene ring substituents is 1. The fourth-order valence-corrected chi connectivity index (χ4v) is 4.57. The number of pyridine rings is 1. The van der Waals surface area contributed by atoms with E-state index in [2.05, 4.69) is 4.90 Å². The minimum atomic E-state index is -0.378. The normalized spacial score (nSPS) is 21.1. The molecule has 1 aromatic carbocycles. The summed E-state index contributed by atoms with van der Waals surface area (Å²) in [6.07, 6.45) is 1.05. The summed E-state index contributed by atoms with van der Waals surface area (Å²) >= 11 is 0. The molecule has 0 N–H and O–H groups in total. The molecule has 3 heterocycles. The maximum atomic E-state index is 12.2. The van der Waals surface area contributed by atoms with Crippen molar-refractivity contribution in [3.63, 3.8) is 0 Å². The topological polar surface area (TPSA) is 86.8 Å². The molecule has 2 atom stereocenters. The summed E-state index contributed by atoms with van der Waals surface area (Å²) in [7, 11) is 2.99. The highest BCUT2D eigenvalue weighted by molar-refractivity contribution is 5.54. The largest absolute Gasteiger partial charge is 0.493 e. The Balaban J connectivity index is 1.62. The molecule has 2 bridgehead atoms. The van der Waals surface area contributed by atoms with Crippen molar-refractivity contribution in [3.8, 4) is 11.5 Å². The molecule has 0 saturated carbocycles. The van der Waals surface area contributed by atoms with E-state index in [0.717, 1.165) is 25.2 Å². The first-order chi connectivity index (χ1) is 13.5. The van der Waals surface area contributed by atoms with Crippen molar-refractivity contribution >= 4 is 5.69 Å². The van der Waals surface area contributed by atoms with Gasteiger partial charge in [-0.3, -0.25) is 19.8 Å². The van der Waals surface area contributed by atoms with Crippen molar-refractivity contribution in [2.24, 2.45) is 5.92 Å². The zero-order valence-electron chi connectivity index (χ0n) is 16.0. The van der Waals surface area contributed by atoms with Gasteiger partial charge in [0.15, 0.2) is 11.5 Å².